The molecule has 1 aromatic carbocycles. The van der Waals surface area contributed by atoms with Gasteiger partial charge in [0.25, 0.3) is 0 Å². The Morgan fingerprint density at radius 2 is 1.95 bits per heavy atom. The van der Waals surface area contributed by atoms with Crippen LogP contribution < -0.4 is 10.5 Å². The number of hydrogen-bond acceptors (Lipinski definition) is 4. The molecule has 5 nitrogen and oxygen atoms in total. The molecule has 112 valence electrons. The van der Waals surface area contributed by atoms with Crippen LogP contribution in [0.25, 0.3) is 0 Å². The standard InChI is InChI=1S/C15H25N3O2/c1-15(2,14(16)17-19)9-10-18(3)11-12-5-7-13(20-4)8-6-12/h5-8,19H,9-11H2,1-4H3,(H2,16,17). The van der Waals surface area contributed by atoms with E-state index in [0.29, 0.717) is 0 Å². The molecule has 0 fully saturated rings. The highest BCUT2D eigenvalue weighted by atomic mass is 16.5. The Kier molecular flexibility index (Phi) is 5.82. The van der Waals surface area contributed by atoms with Crippen LogP contribution in [-0.4, -0.2) is 36.6 Å². The lowest BCUT2D eigenvalue weighted by Gasteiger charge is -2.26. The van der Waals surface area contributed by atoms with Crippen molar-refractivity contribution in [1.29, 1.82) is 0 Å². The molecule has 0 spiro atoms. The van der Waals surface area contributed by atoms with Crippen LogP contribution in [0.4, 0.5) is 0 Å². The molecule has 0 radical (unpaired) electrons. The van der Waals surface area contributed by atoms with E-state index in [0.717, 1.165) is 25.3 Å². The van der Waals surface area contributed by atoms with Crippen molar-refractivity contribution < 1.29 is 9.94 Å². The predicted molar refractivity (Wildman–Crippen MR) is 81.1 cm³/mol. The van der Waals surface area contributed by atoms with Crippen LogP contribution in [0.15, 0.2) is 29.4 Å². The van der Waals surface area contributed by atoms with Crippen molar-refractivity contribution in [2.45, 2.75) is 26.8 Å². The summed E-state index contributed by atoms with van der Waals surface area (Å²) in [5.41, 5.74) is 6.62. The van der Waals surface area contributed by atoms with Gasteiger partial charge in [-0.25, -0.2) is 0 Å². The first-order valence-corrected chi connectivity index (χ1v) is 6.68. The first-order valence-electron chi connectivity index (χ1n) is 6.68. The Balaban J connectivity index is 2.49. The molecule has 0 heterocycles. The van der Waals surface area contributed by atoms with Crippen LogP contribution >= 0.6 is 0 Å². The van der Waals surface area contributed by atoms with Crippen LogP contribution in [0, 0.1) is 5.41 Å². The summed E-state index contributed by atoms with van der Waals surface area (Å²) in [5.74, 6) is 1.14. The summed E-state index contributed by atoms with van der Waals surface area (Å²) in [6.07, 6.45) is 0.829. The molecule has 0 saturated carbocycles. The van der Waals surface area contributed by atoms with Crippen LogP contribution in [0.3, 0.4) is 0 Å². The average Bonchev–Trinajstić information content (AvgIpc) is 2.45. The minimum atomic E-state index is -0.303. The van der Waals surface area contributed by atoms with Crippen molar-refractivity contribution in [2.24, 2.45) is 16.3 Å². The molecule has 20 heavy (non-hydrogen) atoms. The van der Waals surface area contributed by atoms with Gasteiger partial charge in [-0.05, 0) is 37.7 Å². The van der Waals surface area contributed by atoms with Gasteiger partial charge in [-0.2, -0.15) is 0 Å². The quantitative estimate of drug-likeness (QED) is 0.348. The topological polar surface area (TPSA) is 71.1 Å². The zero-order chi connectivity index (χ0) is 15.2. The largest absolute Gasteiger partial charge is 0.497 e. The molecular formula is C15H25N3O2. The fraction of sp³-hybridized carbons (Fsp3) is 0.533. The number of amidine groups is 1. The van der Waals surface area contributed by atoms with E-state index < -0.39 is 0 Å². The van der Waals surface area contributed by atoms with Gasteiger partial charge in [0.1, 0.15) is 11.6 Å². The van der Waals surface area contributed by atoms with Gasteiger partial charge in [0, 0.05) is 12.0 Å². The lowest BCUT2D eigenvalue weighted by atomic mass is 9.88. The maximum absolute atomic E-state index is 8.76. The highest BCUT2D eigenvalue weighted by molar-refractivity contribution is 5.85. The minimum Gasteiger partial charge on any atom is -0.497 e. The number of nitrogens with zero attached hydrogens (tertiary/aromatic N) is 2. The van der Waals surface area contributed by atoms with E-state index in [2.05, 4.69) is 29.2 Å². The fourth-order valence-electron chi connectivity index (χ4n) is 1.86. The third-order valence-corrected chi connectivity index (χ3v) is 3.53. The summed E-state index contributed by atoms with van der Waals surface area (Å²) in [6.45, 7) is 5.68. The van der Waals surface area contributed by atoms with Gasteiger partial charge in [-0.15, -0.1) is 0 Å². The molecule has 0 aliphatic heterocycles. The predicted octanol–water partition coefficient (Wildman–Crippen LogP) is 2.29. The van der Waals surface area contributed by atoms with Gasteiger partial charge >= 0.3 is 0 Å². The summed E-state index contributed by atoms with van der Waals surface area (Å²) >= 11 is 0. The van der Waals surface area contributed by atoms with Gasteiger partial charge in [0.2, 0.25) is 0 Å². The first-order chi connectivity index (χ1) is 9.39. The average molecular weight is 279 g/mol. The number of benzene rings is 1. The van der Waals surface area contributed by atoms with Crippen LogP contribution in [0.5, 0.6) is 5.75 Å². The Morgan fingerprint density at radius 3 is 2.45 bits per heavy atom. The third-order valence-electron chi connectivity index (χ3n) is 3.53. The number of rotatable bonds is 7. The van der Waals surface area contributed by atoms with E-state index in [-0.39, 0.29) is 11.3 Å². The third kappa shape index (κ3) is 4.74. The summed E-state index contributed by atoms with van der Waals surface area (Å²) < 4.78 is 5.14. The monoisotopic (exact) mass is 279 g/mol. The molecule has 5 heteroatoms. The highest BCUT2D eigenvalue weighted by Crippen LogP contribution is 2.21. The maximum Gasteiger partial charge on any atom is 0.144 e. The SMILES string of the molecule is COc1ccc(CN(C)CCC(C)(C)C(N)=NO)cc1. The second-order valence-electron chi connectivity index (χ2n) is 5.70. The second kappa shape index (κ2) is 7.14. The number of methoxy groups -OCH3 is 1. The van der Waals surface area contributed by atoms with Crippen molar-refractivity contribution in [2.75, 3.05) is 20.7 Å². The number of ether oxygens (including phenoxy) is 1. The van der Waals surface area contributed by atoms with Crippen molar-refractivity contribution in [1.82, 2.24) is 4.90 Å². The van der Waals surface area contributed by atoms with Gasteiger partial charge in [-0.1, -0.05) is 31.1 Å². The number of hydrogen-bond donors (Lipinski definition) is 2. The smallest absolute Gasteiger partial charge is 0.144 e. The van der Waals surface area contributed by atoms with Crippen molar-refractivity contribution in [3.63, 3.8) is 0 Å². The zero-order valence-electron chi connectivity index (χ0n) is 12.8. The minimum absolute atomic E-state index is 0.273. The molecule has 1 rings (SSSR count). The molecular weight excluding hydrogens is 254 g/mol. The Bertz CT molecular complexity index is 441. The summed E-state index contributed by atoms with van der Waals surface area (Å²) in [6, 6.07) is 8.04. The number of nitrogens with two attached hydrogens (primary N) is 1. The molecule has 0 aliphatic rings. The Morgan fingerprint density at radius 1 is 1.35 bits per heavy atom. The Labute approximate surface area is 121 Å². The molecule has 0 saturated heterocycles. The van der Waals surface area contributed by atoms with E-state index in [1.807, 2.05) is 26.0 Å². The molecule has 0 atom stereocenters. The van der Waals surface area contributed by atoms with E-state index in [9.17, 15) is 0 Å². The van der Waals surface area contributed by atoms with Gasteiger partial charge in [0.15, 0.2) is 0 Å². The summed E-state index contributed by atoms with van der Waals surface area (Å²) in [5, 5.41) is 11.9. The summed E-state index contributed by atoms with van der Waals surface area (Å²) in [7, 11) is 3.73. The Hall–Kier alpha value is -1.75. The lowest BCUT2D eigenvalue weighted by molar-refractivity contribution is 0.272. The molecule has 0 bridgehead atoms. The van der Waals surface area contributed by atoms with Crippen molar-refractivity contribution in [3.05, 3.63) is 29.8 Å². The molecule has 3 N–H and O–H groups in total. The molecule has 0 unspecified atom stereocenters. The second-order valence-corrected chi connectivity index (χ2v) is 5.70. The van der Waals surface area contributed by atoms with Crippen molar-refractivity contribution >= 4 is 5.84 Å². The zero-order valence-corrected chi connectivity index (χ0v) is 12.8. The van der Waals surface area contributed by atoms with E-state index in [1.54, 1.807) is 7.11 Å². The van der Waals surface area contributed by atoms with Gasteiger partial charge in [-0.3, -0.25) is 0 Å². The van der Waals surface area contributed by atoms with Crippen LogP contribution in [-0.2, 0) is 6.54 Å². The van der Waals surface area contributed by atoms with Gasteiger partial charge < -0.3 is 20.6 Å². The fourth-order valence-corrected chi connectivity index (χ4v) is 1.86. The molecule has 0 amide bonds. The highest BCUT2D eigenvalue weighted by Gasteiger charge is 2.23. The van der Waals surface area contributed by atoms with Crippen LogP contribution in [0.1, 0.15) is 25.8 Å². The van der Waals surface area contributed by atoms with Crippen LogP contribution in [0.2, 0.25) is 0 Å². The lowest BCUT2D eigenvalue weighted by Crippen LogP contribution is -2.35. The van der Waals surface area contributed by atoms with E-state index in [4.69, 9.17) is 15.7 Å². The first kappa shape index (κ1) is 16.3. The normalized spacial score (nSPS) is 12.8. The van der Waals surface area contributed by atoms with Crippen molar-refractivity contribution in [3.8, 4) is 5.75 Å². The van der Waals surface area contributed by atoms with E-state index >= 15 is 0 Å². The van der Waals surface area contributed by atoms with E-state index in [1.165, 1.54) is 5.56 Å². The van der Waals surface area contributed by atoms with Gasteiger partial charge in [0.05, 0.1) is 7.11 Å². The number of oxime groups is 1. The summed E-state index contributed by atoms with van der Waals surface area (Å²) in [4.78, 5) is 2.22. The molecule has 0 aromatic heterocycles. The molecule has 0 aliphatic carbocycles. The maximum atomic E-state index is 8.76. The molecule has 1 aromatic rings.